The van der Waals surface area contributed by atoms with Crippen LogP contribution < -0.4 is 5.56 Å². The van der Waals surface area contributed by atoms with Crippen molar-refractivity contribution in [1.82, 2.24) is 4.57 Å². The van der Waals surface area contributed by atoms with Gasteiger partial charge >= 0.3 is 0 Å². The van der Waals surface area contributed by atoms with Crippen LogP contribution >= 0.6 is 0 Å². The predicted molar refractivity (Wildman–Crippen MR) is 65.7 cm³/mol. The molecule has 0 saturated carbocycles. The molecule has 0 aliphatic rings. The van der Waals surface area contributed by atoms with Crippen LogP contribution in [-0.2, 0) is 6.54 Å². The van der Waals surface area contributed by atoms with Gasteiger partial charge in [-0.15, -0.1) is 0 Å². The third-order valence-corrected chi connectivity index (χ3v) is 2.80. The molecule has 88 valence electrons. The Hall–Kier alpha value is -1.90. The zero-order chi connectivity index (χ0) is 12.4. The zero-order valence-electron chi connectivity index (χ0n) is 9.90. The van der Waals surface area contributed by atoms with Crippen LogP contribution in [0.25, 0.3) is 0 Å². The highest BCUT2D eigenvalue weighted by molar-refractivity contribution is 5.27. The van der Waals surface area contributed by atoms with Gasteiger partial charge in [-0.3, -0.25) is 4.79 Å². The Morgan fingerprint density at radius 3 is 2.59 bits per heavy atom. The van der Waals surface area contributed by atoms with E-state index >= 15 is 0 Å². The lowest BCUT2D eigenvalue weighted by atomic mass is 10.1. The molecule has 0 atom stereocenters. The minimum absolute atomic E-state index is 0.0336. The van der Waals surface area contributed by atoms with Crippen LogP contribution in [0.5, 0.6) is 0 Å². The van der Waals surface area contributed by atoms with Crippen molar-refractivity contribution in [2.45, 2.75) is 20.4 Å². The lowest BCUT2D eigenvalue weighted by molar-refractivity contribution is 0.624. The second kappa shape index (κ2) is 4.53. The van der Waals surface area contributed by atoms with Gasteiger partial charge < -0.3 is 4.57 Å². The summed E-state index contributed by atoms with van der Waals surface area (Å²) < 4.78 is 14.6. The number of benzene rings is 1. The van der Waals surface area contributed by atoms with Gasteiger partial charge in [0.2, 0.25) is 0 Å². The van der Waals surface area contributed by atoms with Crippen molar-refractivity contribution in [3.8, 4) is 0 Å². The van der Waals surface area contributed by atoms with E-state index in [1.807, 2.05) is 19.9 Å². The van der Waals surface area contributed by atoms with Crippen molar-refractivity contribution in [2.24, 2.45) is 0 Å². The molecular formula is C14H14FNO. The zero-order valence-corrected chi connectivity index (χ0v) is 9.90. The molecule has 0 amide bonds. The van der Waals surface area contributed by atoms with Crippen molar-refractivity contribution in [3.63, 3.8) is 0 Å². The normalized spacial score (nSPS) is 10.5. The van der Waals surface area contributed by atoms with E-state index < -0.39 is 0 Å². The smallest absolute Gasteiger partial charge is 0.251 e. The summed E-state index contributed by atoms with van der Waals surface area (Å²) in [6.07, 6.45) is 1.76. The van der Waals surface area contributed by atoms with Crippen molar-refractivity contribution >= 4 is 0 Å². The van der Waals surface area contributed by atoms with Gasteiger partial charge in [-0.25, -0.2) is 4.39 Å². The maximum Gasteiger partial charge on any atom is 0.251 e. The summed E-state index contributed by atoms with van der Waals surface area (Å²) >= 11 is 0. The number of halogens is 1. The topological polar surface area (TPSA) is 22.0 Å². The van der Waals surface area contributed by atoms with E-state index in [-0.39, 0.29) is 11.4 Å². The molecule has 0 N–H and O–H groups in total. The van der Waals surface area contributed by atoms with Crippen LogP contribution in [-0.4, -0.2) is 4.57 Å². The molecule has 17 heavy (non-hydrogen) atoms. The van der Waals surface area contributed by atoms with Crippen LogP contribution in [0.15, 0.2) is 41.3 Å². The molecule has 1 aromatic heterocycles. The highest BCUT2D eigenvalue weighted by Gasteiger charge is 2.02. The Morgan fingerprint density at radius 1 is 1.18 bits per heavy atom. The Balaban J connectivity index is 2.35. The quantitative estimate of drug-likeness (QED) is 0.778. The monoisotopic (exact) mass is 231 g/mol. The summed E-state index contributed by atoms with van der Waals surface area (Å²) in [4.78, 5) is 11.7. The summed E-state index contributed by atoms with van der Waals surface area (Å²) in [6, 6.07) is 8.10. The first-order chi connectivity index (χ1) is 8.06. The van der Waals surface area contributed by atoms with Crippen LogP contribution in [0, 0.1) is 19.7 Å². The van der Waals surface area contributed by atoms with Gasteiger partial charge in [0.25, 0.3) is 5.56 Å². The number of aromatic nitrogens is 1. The minimum atomic E-state index is -0.248. The fraction of sp³-hybridized carbons (Fsp3) is 0.214. The van der Waals surface area contributed by atoms with Gasteiger partial charge in [-0.05, 0) is 48.7 Å². The molecular weight excluding hydrogens is 217 g/mol. The fourth-order valence-electron chi connectivity index (χ4n) is 1.76. The van der Waals surface area contributed by atoms with Gasteiger partial charge in [0.1, 0.15) is 5.82 Å². The van der Waals surface area contributed by atoms with Crippen LogP contribution in [0.1, 0.15) is 16.7 Å². The number of hydrogen-bond acceptors (Lipinski definition) is 1. The van der Waals surface area contributed by atoms with E-state index in [0.717, 1.165) is 16.7 Å². The van der Waals surface area contributed by atoms with Gasteiger partial charge in [-0.2, -0.15) is 0 Å². The average Bonchev–Trinajstić information content (AvgIpc) is 2.25. The average molecular weight is 231 g/mol. The molecule has 0 aliphatic carbocycles. The molecule has 0 fully saturated rings. The Morgan fingerprint density at radius 2 is 1.94 bits per heavy atom. The minimum Gasteiger partial charge on any atom is -0.311 e. The highest BCUT2D eigenvalue weighted by Crippen LogP contribution is 2.11. The van der Waals surface area contributed by atoms with Crippen LogP contribution in [0.4, 0.5) is 4.39 Å². The summed E-state index contributed by atoms with van der Waals surface area (Å²) in [6.45, 7) is 4.21. The Kier molecular flexibility index (Phi) is 3.09. The van der Waals surface area contributed by atoms with Crippen LogP contribution in [0.2, 0.25) is 0 Å². The van der Waals surface area contributed by atoms with E-state index in [9.17, 15) is 9.18 Å². The molecule has 1 heterocycles. The van der Waals surface area contributed by atoms with E-state index in [2.05, 4.69) is 0 Å². The second-order valence-corrected chi connectivity index (χ2v) is 4.24. The van der Waals surface area contributed by atoms with Crippen molar-refractivity contribution in [1.29, 1.82) is 0 Å². The first-order valence-electron chi connectivity index (χ1n) is 5.48. The number of aryl methyl sites for hydroxylation is 2. The summed E-state index contributed by atoms with van der Waals surface area (Å²) in [5.74, 6) is -0.248. The summed E-state index contributed by atoms with van der Waals surface area (Å²) in [5.41, 5.74) is 2.73. The lowest BCUT2D eigenvalue weighted by Crippen LogP contribution is -2.19. The molecule has 0 radical (unpaired) electrons. The van der Waals surface area contributed by atoms with Gasteiger partial charge in [0.05, 0.1) is 6.54 Å². The number of rotatable bonds is 2. The Labute approximate surface area is 99.3 Å². The predicted octanol–water partition coefficient (Wildman–Crippen LogP) is 2.65. The maximum absolute atomic E-state index is 12.9. The number of hydrogen-bond donors (Lipinski definition) is 0. The van der Waals surface area contributed by atoms with Crippen molar-refractivity contribution in [3.05, 3.63) is 69.4 Å². The first-order valence-corrected chi connectivity index (χ1v) is 5.48. The molecule has 2 aromatic rings. The molecule has 3 heteroatoms. The third-order valence-electron chi connectivity index (χ3n) is 2.80. The molecule has 2 rings (SSSR count). The van der Waals surface area contributed by atoms with Crippen LogP contribution in [0.3, 0.4) is 0 Å². The van der Waals surface area contributed by atoms with Gasteiger partial charge in [0, 0.05) is 12.3 Å². The molecule has 1 aromatic carbocycles. The van der Waals surface area contributed by atoms with Crippen molar-refractivity contribution < 1.29 is 4.39 Å². The molecule has 0 aliphatic heterocycles. The molecule has 0 unspecified atom stereocenters. The maximum atomic E-state index is 12.9. The highest BCUT2D eigenvalue weighted by atomic mass is 19.1. The molecule has 0 bridgehead atoms. The number of nitrogens with zero attached hydrogens (tertiary/aromatic N) is 1. The Bertz CT molecular complexity index is 601. The fourth-order valence-corrected chi connectivity index (χ4v) is 1.76. The molecule has 0 saturated heterocycles. The summed E-state index contributed by atoms with van der Waals surface area (Å²) in [5, 5.41) is 0. The van der Waals surface area contributed by atoms with E-state index in [1.54, 1.807) is 22.9 Å². The van der Waals surface area contributed by atoms with Crippen molar-refractivity contribution in [2.75, 3.05) is 0 Å². The first kappa shape index (κ1) is 11.6. The SMILES string of the molecule is Cc1ccn(Cc2ccc(F)cc2C)c(=O)c1. The summed E-state index contributed by atoms with van der Waals surface area (Å²) in [7, 11) is 0. The standard InChI is InChI=1S/C14H14FNO/c1-10-5-6-16(14(17)7-10)9-12-3-4-13(15)8-11(12)2/h3-8H,9H2,1-2H3. The second-order valence-electron chi connectivity index (χ2n) is 4.24. The molecule has 2 nitrogen and oxygen atoms in total. The van der Waals surface area contributed by atoms with E-state index in [1.165, 1.54) is 12.1 Å². The van der Waals surface area contributed by atoms with E-state index in [4.69, 9.17) is 0 Å². The lowest BCUT2D eigenvalue weighted by Gasteiger charge is -2.08. The number of pyridine rings is 1. The van der Waals surface area contributed by atoms with E-state index in [0.29, 0.717) is 6.54 Å². The molecule has 0 spiro atoms. The largest absolute Gasteiger partial charge is 0.311 e. The third kappa shape index (κ3) is 2.61. The van der Waals surface area contributed by atoms with Gasteiger partial charge in [0.15, 0.2) is 0 Å². The van der Waals surface area contributed by atoms with Gasteiger partial charge in [-0.1, -0.05) is 6.07 Å².